The summed E-state index contributed by atoms with van der Waals surface area (Å²) in [6, 6.07) is 3.10. The van der Waals surface area contributed by atoms with Gasteiger partial charge in [-0.25, -0.2) is 0 Å². The summed E-state index contributed by atoms with van der Waals surface area (Å²) in [5.74, 6) is -0.107. The number of benzene rings is 1. The standard InChI is InChI=1S/C13H19Cl2N3O/c1-17(2)5-4-6-18(3)13(19)9-7-10(14)12(15)11(16)8-9/h7-8H,4-6,16H2,1-3H3. The first-order valence-corrected chi connectivity index (χ1v) is 6.73. The first kappa shape index (κ1) is 16.1. The summed E-state index contributed by atoms with van der Waals surface area (Å²) in [6.07, 6.45) is 0.909. The molecule has 1 amide bonds. The molecule has 1 rings (SSSR count). The van der Waals surface area contributed by atoms with Crippen LogP contribution in [-0.2, 0) is 0 Å². The molecule has 0 unspecified atom stereocenters. The molecule has 0 spiro atoms. The number of hydrogen-bond acceptors (Lipinski definition) is 3. The molecule has 6 heteroatoms. The third-order valence-electron chi connectivity index (χ3n) is 2.75. The van der Waals surface area contributed by atoms with Crippen LogP contribution in [-0.4, -0.2) is 49.9 Å². The third-order valence-corrected chi connectivity index (χ3v) is 3.57. The molecule has 1 aromatic rings. The van der Waals surface area contributed by atoms with E-state index in [2.05, 4.69) is 4.90 Å². The van der Waals surface area contributed by atoms with Crippen LogP contribution in [0.25, 0.3) is 0 Å². The van der Waals surface area contributed by atoms with Crippen molar-refractivity contribution in [3.63, 3.8) is 0 Å². The van der Waals surface area contributed by atoms with E-state index < -0.39 is 0 Å². The van der Waals surface area contributed by atoms with Crippen molar-refractivity contribution in [2.24, 2.45) is 0 Å². The van der Waals surface area contributed by atoms with Gasteiger partial charge in [-0.2, -0.15) is 0 Å². The summed E-state index contributed by atoms with van der Waals surface area (Å²) in [6.45, 7) is 1.61. The third kappa shape index (κ3) is 4.56. The Bertz CT molecular complexity index is 440. The zero-order valence-electron chi connectivity index (χ0n) is 11.4. The molecule has 0 bridgehead atoms. The minimum atomic E-state index is -0.107. The van der Waals surface area contributed by atoms with Gasteiger partial charge in [-0.3, -0.25) is 4.79 Å². The van der Waals surface area contributed by atoms with Crippen LogP contribution in [0.15, 0.2) is 12.1 Å². The highest BCUT2D eigenvalue weighted by Gasteiger charge is 2.14. The number of carbonyl (C=O) groups is 1. The fourth-order valence-electron chi connectivity index (χ4n) is 1.68. The SMILES string of the molecule is CN(C)CCCN(C)C(=O)c1cc(N)c(Cl)c(Cl)c1. The van der Waals surface area contributed by atoms with Crippen LogP contribution in [0, 0.1) is 0 Å². The van der Waals surface area contributed by atoms with E-state index in [1.165, 1.54) is 0 Å². The van der Waals surface area contributed by atoms with Gasteiger partial charge >= 0.3 is 0 Å². The Labute approximate surface area is 124 Å². The Morgan fingerprint density at radius 2 is 1.84 bits per heavy atom. The molecule has 0 saturated carbocycles. The van der Waals surface area contributed by atoms with Crippen molar-refractivity contribution >= 4 is 34.8 Å². The predicted octanol–water partition coefficient (Wildman–Crippen LogP) is 2.60. The van der Waals surface area contributed by atoms with Crippen molar-refractivity contribution in [2.75, 3.05) is 40.0 Å². The van der Waals surface area contributed by atoms with Crippen molar-refractivity contribution in [3.05, 3.63) is 27.7 Å². The maximum absolute atomic E-state index is 12.2. The van der Waals surface area contributed by atoms with E-state index in [0.717, 1.165) is 13.0 Å². The van der Waals surface area contributed by atoms with Crippen LogP contribution >= 0.6 is 23.2 Å². The maximum atomic E-state index is 12.2. The van der Waals surface area contributed by atoms with Crippen LogP contribution in [0.2, 0.25) is 10.0 Å². The summed E-state index contributed by atoms with van der Waals surface area (Å²) in [5.41, 5.74) is 6.48. The van der Waals surface area contributed by atoms with Gasteiger partial charge in [0.2, 0.25) is 0 Å². The average molecular weight is 304 g/mol. The summed E-state index contributed by atoms with van der Waals surface area (Å²) < 4.78 is 0. The Morgan fingerprint density at radius 3 is 2.37 bits per heavy atom. The second-order valence-electron chi connectivity index (χ2n) is 4.74. The Kier molecular flexibility index (Phi) is 5.91. The van der Waals surface area contributed by atoms with Gasteiger partial charge in [0, 0.05) is 19.2 Å². The lowest BCUT2D eigenvalue weighted by Crippen LogP contribution is -2.29. The molecular formula is C13H19Cl2N3O. The number of rotatable bonds is 5. The van der Waals surface area contributed by atoms with Crippen LogP contribution in [0.4, 0.5) is 5.69 Å². The number of halogens is 2. The van der Waals surface area contributed by atoms with Crippen molar-refractivity contribution in [1.82, 2.24) is 9.80 Å². The van der Waals surface area contributed by atoms with Crippen LogP contribution in [0.5, 0.6) is 0 Å². The Balaban J connectivity index is 2.72. The number of amides is 1. The molecule has 0 atom stereocenters. The predicted molar refractivity (Wildman–Crippen MR) is 81.0 cm³/mol. The number of anilines is 1. The number of carbonyl (C=O) groups excluding carboxylic acids is 1. The molecule has 0 aromatic heterocycles. The fraction of sp³-hybridized carbons (Fsp3) is 0.462. The highest BCUT2D eigenvalue weighted by molar-refractivity contribution is 6.43. The molecule has 19 heavy (non-hydrogen) atoms. The van der Waals surface area contributed by atoms with Crippen LogP contribution in [0.1, 0.15) is 16.8 Å². The molecule has 0 heterocycles. The molecule has 4 nitrogen and oxygen atoms in total. The van der Waals surface area contributed by atoms with E-state index in [1.54, 1.807) is 24.1 Å². The van der Waals surface area contributed by atoms with Crippen molar-refractivity contribution in [1.29, 1.82) is 0 Å². The van der Waals surface area contributed by atoms with Gasteiger partial charge in [0.25, 0.3) is 5.91 Å². The molecule has 0 aliphatic heterocycles. The molecule has 0 aliphatic rings. The number of nitrogen functional groups attached to an aromatic ring is 1. The maximum Gasteiger partial charge on any atom is 0.253 e. The zero-order valence-corrected chi connectivity index (χ0v) is 12.9. The van der Waals surface area contributed by atoms with E-state index in [4.69, 9.17) is 28.9 Å². The highest BCUT2D eigenvalue weighted by Crippen LogP contribution is 2.29. The van der Waals surface area contributed by atoms with Gasteiger partial charge in [-0.15, -0.1) is 0 Å². The van der Waals surface area contributed by atoms with E-state index in [1.807, 2.05) is 14.1 Å². The van der Waals surface area contributed by atoms with E-state index in [9.17, 15) is 4.79 Å². The minimum absolute atomic E-state index is 0.107. The highest BCUT2D eigenvalue weighted by atomic mass is 35.5. The molecular weight excluding hydrogens is 285 g/mol. The van der Waals surface area contributed by atoms with Gasteiger partial charge in [-0.05, 0) is 39.2 Å². The summed E-state index contributed by atoms with van der Waals surface area (Å²) in [4.78, 5) is 15.9. The molecule has 106 valence electrons. The molecule has 0 radical (unpaired) electrons. The first-order chi connectivity index (χ1) is 8.82. The van der Waals surface area contributed by atoms with Crippen molar-refractivity contribution in [2.45, 2.75) is 6.42 Å². The monoisotopic (exact) mass is 303 g/mol. The summed E-state index contributed by atoms with van der Waals surface area (Å²) >= 11 is 11.8. The lowest BCUT2D eigenvalue weighted by Gasteiger charge is -2.19. The summed E-state index contributed by atoms with van der Waals surface area (Å²) in [5, 5.41) is 0.584. The Morgan fingerprint density at radius 1 is 1.21 bits per heavy atom. The second kappa shape index (κ2) is 6.98. The van der Waals surface area contributed by atoms with Crippen LogP contribution in [0.3, 0.4) is 0 Å². The molecule has 0 fully saturated rings. The molecule has 0 aliphatic carbocycles. The molecule has 0 saturated heterocycles. The van der Waals surface area contributed by atoms with Crippen molar-refractivity contribution < 1.29 is 4.79 Å². The Hall–Kier alpha value is -0.970. The van der Waals surface area contributed by atoms with Gasteiger partial charge in [0.1, 0.15) is 0 Å². The zero-order chi connectivity index (χ0) is 14.6. The topological polar surface area (TPSA) is 49.6 Å². The molecule has 2 N–H and O–H groups in total. The smallest absolute Gasteiger partial charge is 0.253 e. The quantitative estimate of drug-likeness (QED) is 0.851. The average Bonchev–Trinajstić information content (AvgIpc) is 2.33. The lowest BCUT2D eigenvalue weighted by molar-refractivity contribution is 0.0790. The van der Waals surface area contributed by atoms with E-state index >= 15 is 0 Å². The second-order valence-corrected chi connectivity index (χ2v) is 5.53. The number of nitrogens with zero attached hydrogens (tertiary/aromatic N) is 2. The van der Waals surface area contributed by atoms with Gasteiger partial charge in [0.05, 0.1) is 15.7 Å². The largest absolute Gasteiger partial charge is 0.397 e. The normalized spacial score (nSPS) is 10.8. The number of nitrogens with two attached hydrogens (primary N) is 1. The lowest BCUT2D eigenvalue weighted by atomic mass is 10.1. The fourth-order valence-corrected chi connectivity index (χ4v) is 2.02. The minimum Gasteiger partial charge on any atom is -0.397 e. The van der Waals surface area contributed by atoms with Crippen LogP contribution < -0.4 is 5.73 Å². The van der Waals surface area contributed by atoms with Crippen molar-refractivity contribution in [3.8, 4) is 0 Å². The van der Waals surface area contributed by atoms with Gasteiger partial charge in [0.15, 0.2) is 0 Å². The van der Waals surface area contributed by atoms with Gasteiger partial charge < -0.3 is 15.5 Å². The summed E-state index contributed by atoms with van der Waals surface area (Å²) in [7, 11) is 5.76. The van der Waals surface area contributed by atoms with Gasteiger partial charge in [-0.1, -0.05) is 23.2 Å². The number of hydrogen-bond donors (Lipinski definition) is 1. The first-order valence-electron chi connectivity index (χ1n) is 5.97. The molecule has 1 aromatic carbocycles. The van der Waals surface area contributed by atoms with E-state index in [-0.39, 0.29) is 10.9 Å². The van der Waals surface area contributed by atoms with E-state index in [0.29, 0.717) is 22.8 Å².